The Labute approximate surface area is 172 Å². The minimum atomic E-state index is -0.126. The molecule has 5 nitrogen and oxygen atoms in total. The van der Waals surface area contributed by atoms with E-state index in [0.29, 0.717) is 23.4 Å². The van der Waals surface area contributed by atoms with Gasteiger partial charge in [-0.1, -0.05) is 37.3 Å². The average molecular weight is 403 g/mol. The first-order chi connectivity index (χ1) is 13.1. The van der Waals surface area contributed by atoms with Crippen molar-refractivity contribution in [1.82, 2.24) is 10.6 Å². The second kappa shape index (κ2) is 10.2. The van der Waals surface area contributed by atoms with Crippen LogP contribution in [-0.2, 0) is 4.79 Å². The maximum atomic E-state index is 12.4. The van der Waals surface area contributed by atoms with Gasteiger partial charge in [0.05, 0.1) is 0 Å². The van der Waals surface area contributed by atoms with Crippen molar-refractivity contribution >= 4 is 24.1 Å². The molecule has 1 heterocycles. The van der Waals surface area contributed by atoms with Gasteiger partial charge in [-0.25, -0.2) is 0 Å². The fourth-order valence-electron chi connectivity index (χ4n) is 3.18. The Morgan fingerprint density at radius 2 is 1.61 bits per heavy atom. The van der Waals surface area contributed by atoms with Crippen molar-refractivity contribution in [3.8, 4) is 5.75 Å². The summed E-state index contributed by atoms with van der Waals surface area (Å²) in [5, 5.41) is 6.30. The van der Waals surface area contributed by atoms with E-state index >= 15 is 0 Å². The normalized spacial score (nSPS) is 15.2. The number of rotatable bonds is 7. The highest BCUT2D eigenvalue weighted by atomic mass is 35.5. The fourth-order valence-corrected chi connectivity index (χ4v) is 3.18. The number of hydrogen-bond donors (Lipinski definition) is 2. The summed E-state index contributed by atoms with van der Waals surface area (Å²) in [6.45, 7) is 4.84. The number of carbonyl (C=O) groups is 2. The lowest BCUT2D eigenvalue weighted by atomic mass is 9.81. The van der Waals surface area contributed by atoms with Gasteiger partial charge in [0.1, 0.15) is 5.75 Å². The molecular weight excluding hydrogens is 376 g/mol. The van der Waals surface area contributed by atoms with E-state index in [0.717, 1.165) is 25.9 Å². The molecule has 2 N–H and O–H groups in total. The number of nitrogens with one attached hydrogen (secondary N) is 2. The number of ether oxygens (including phenoxy) is 1. The van der Waals surface area contributed by atoms with Crippen LogP contribution in [0.2, 0.25) is 0 Å². The summed E-state index contributed by atoms with van der Waals surface area (Å²) in [6, 6.07) is 16.0. The van der Waals surface area contributed by atoms with E-state index < -0.39 is 0 Å². The van der Waals surface area contributed by atoms with Crippen LogP contribution in [0.1, 0.15) is 35.7 Å². The van der Waals surface area contributed by atoms with Gasteiger partial charge in [-0.2, -0.15) is 0 Å². The highest BCUT2D eigenvalue weighted by Crippen LogP contribution is 2.26. The Kier molecular flexibility index (Phi) is 8.03. The van der Waals surface area contributed by atoms with Crippen molar-refractivity contribution in [2.45, 2.75) is 19.8 Å². The zero-order valence-electron chi connectivity index (χ0n) is 16.1. The molecule has 1 amide bonds. The molecule has 3 rings (SSSR count). The molecule has 0 saturated carbocycles. The first-order valence-electron chi connectivity index (χ1n) is 9.36. The molecule has 150 valence electrons. The summed E-state index contributed by atoms with van der Waals surface area (Å²) < 4.78 is 5.55. The van der Waals surface area contributed by atoms with Gasteiger partial charge in [0.2, 0.25) is 0 Å². The van der Waals surface area contributed by atoms with Crippen molar-refractivity contribution in [3.05, 3.63) is 65.7 Å². The highest BCUT2D eigenvalue weighted by molar-refractivity contribution is 6.08. The standard InChI is InChI=1S/C22H26N2O3.ClH/c1-22(11-13-23-14-12-22)16-24-20(25)15-27-19-9-7-18(8-10-19)21(26)17-5-3-2-4-6-17;/h2-10,23H,11-16H2,1H3,(H,24,25);1H. The van der Waals surface area contributed by atoms with Gasteiger partial charge in [0.25, 0.3) is 5.91 Å². The van der Waals surface area contributed by atoms with E-state index in [9.17, 15) is 9.59 Å². The fraction of sp³-hybridized carbons (Fsp3) is 0.364. The van der Waals surface area contributed by atoms with Crippen molar-refractivity contribution < 1.29 is 14.3 Å². The number of ketones is 1. The summed E-state index contributed by atoms with van der Waals surface area (Å²) in [5.74, 6) is 0.414. The van der Waals surface area contributed by atoms with Gasteiger partial charge in [-0.15, -0.1) is 12.4 Å². The molecule has 0 atom stereocenters. The van der Waals surface area contributed by atoms with E-state index in [1.165, 1.54) is 0 Å². The molecule has 0 spiro atoms. The average Bonchev–Trinajstić information content (AvgIpc) is 2.72. The molecule has 28 heavy (non-hydrogen) atoms. The van der Waals surface area contributed by atoms with Gasteiger partial charge in [-0.05, 0) is 55.6 Å². The van der Waals surface area contributed by atoms with Crippen LogP contribution in [0.15, 0.2) is 54.6 Å². The van der Waals surface area contributed by atoms with Crippen molar-refractivity contribution in [3.63, 3.8) is 0 Å². The summed E-state index contributed by atoms with van der Waals surface area (Å²) in [5.41, 5.74) is 1.40. The molecule has 0 bridgehead atoms. The third kappa shape index (κ3) is 6.08. The third-order valence-electron chi connectivity index (χ3n) is 5.05. The third-order valence-corrected chi connectivity index (χ3v) is 5.05. The van der Waals surface area contributed by atoms with Crippen LogP contribution < -0.4 is 15.4 Å². The maximum Gasteiger partial charge on any atom is 0.257 e. The summed E-state index contributed by atoms with van der Waals surface area (Å²) in [6.07, 6.45) is 2.12. The lowest BCUT2D eigenvalue weighted by Gasteiger charge is -2.34. The van der Waals surface area contributed by atoms with Gasteiger partial charge in [-0.3, -0.25) is 9.59 Å². The molecule has 0 unspecified atom stereocenters. The number of halogens is 1. The zero-order chi connectivity index (χ0) is 19.1. The maximum absolute atomic E-state index is 12.4. The Bertz CT molecular complexity index is 772. The summed E-state index contributed by atoms with van der Waals surface area (Å²) >= 11 is 0. The Morgan fingerprint density at radius 3 is 2.25 bits per heavy atom. The van der Waals surface area contributed by atoms with Crippen LogP contribution in [0.25, 0.3) is 0 Å². The van der Waals surface area contributed by atoms with Crippen LogP contribution in [0, 0.1) is 5.41 Å². The predicted octanol–water partition coefficient (Wildman–Crippen LogP) is 3.22. The van der Waals surface area contributed by atoms with Gasteiger partial charge in [0, 0.05) is 17.7 Å². The van der Waals surface area contributed by atoms with Crippen LogP contribution in [0.3, 0.4) is 0 Å². The number of amides is 1. The molecule has 1 aliphatic heterocycles. The van der Waals surface area contributed by atoms with E-state index in [1.807, 2.05) is 18.2 Å². The van der Waals surface area contributed by atoms with Crippen LogP contribution >= 0.6 is 12.4 Å². The number of hydrogen-bond acceptors (Lipinski definition) is 4. The Balaban J connectivity index is 0.00000280. The van der Waals surface area contributed by atoms with Crippen molar-refractivity contribution in [1.29, 1.82) is 0 Å². The van der Waals surface area contributed by atoms with E-state index in [-0.39, 0.29) is 36.1 Å². The molecule has 2 aromatic rings. The van der Waals surface area contributed by atoms with Crippen molar-refractivity contribution in [2.75, 3.05) is 26.2 Å². The van der Waals surface area contributed by atoms with Gasteiger partial charge in [0.15, 0.2) is 12.4 Å². The van der Waals surface area contributed by atoms with Gasteiger partial charge >= 0.3 is 0 Å². The van der Waals surface area contributed by atoms with Crippen LogP contribution in [0.5, 0.6) is 5.75 Å². The monoisotopic (exact) mass is 402 g/mol. The van der Waals surface area contributed by atoms with Crippen LogP contribution in [0.4, 0.5) is 0 Å². The Morgan fingerprint density at radius 1 is 1.00 bits per heavy atom. The van der Waals surface area contributed by atoms with E-state index in [1.54, 1.807) is 36.4 Å². The molecule has 0 aliphatic carbocycles. The molecule has 2 aromatic carbocycles. The second-order valence-corrected chi connectivity index (χ2v) is 7.35. The summed E-state index contributed by atoms with van der Waals surface area (Å²) in [7, 11) is 0. The minimum Gasteiger partial charge on any atom is -0.484 e. The smallest absolute Gasteiger partial charge is 0.257 e. The molecule has 1 aliphatic rings. The highest BCUT2D eigenvalue weighted by Gasteiger charge is 2.26. The first-order valence-corrected chi connectivity index (χ1v) is 9.36. The first kappa shape index (κ1) is 21.9. The zero-order valence-corrected chi connectivity index (χ0v) is 16.9. The lowest BCUT2D eigenvalue weighted by molar-refractivity contribution is -0.123. The largest absolute Gasteiger partial charge is 0.484 e. The molecule has 6 heteroatoms. The SMILES string of the molecule is CC1(CNC(=O)COc2ccc(C(=O)c3ccccc3)cc2)CCNCC1.Cl. The number of carbonyl (C=O) groups excluding carboxylic acids is 2. The Hall–Kier alpha value is -2.37. The topological polar surface area (TPSA) is 67.4 Å². The van der Waals surface area contributed by atoms with Gasteiger partial charge < -0.3 is 15.4 Å². The van der Waals surface area contributed by atoms with E-state index in [2.05, 4.69) is 17.6 Å². The molecule has 0 radical (unpaired) electrons. The molecular formula is C22H27ClN2O3. The van der Waals surface area contributed by atoms with E-state index in [4.69, 9.17) is 4.74 Å². The number of benzene rings is 2. The molecule has 0 aromatic heterocycles. The van der Waals surface area contributed by atoms with Crippen molar-refractivity contribution in [2.24, 2.45) is 5.41 Å². The minimum absolute atomic E-state index is 0. The lowest BCUT2D eigenvalue weighted by Crippen LogP contribution is -2.43. The number of piperidine rings is 1. The van der Waals surface area contributed by atoms with Crippen LogP contribution in [-0.4, -0.2) is 37.9 Å². The quantitative estimate of drug-likeness (QED) is 0.698. The predicted molar refractivity (Wildman–Crippen MR) is 112 cm³/mol. The molecule has 1 fully saturated rings. The molecule has 1 saturated heterocycles. The summed E-state index contributed by atoms with van der Waals surface area (Å²) in [4.78, 5) is 24.4. The second-order valence-electron chi connectivity index (χ2n) is 7.35.